The number of hydrogen-bond donors (Lipinski definition) is 0. The van der Waals surface area contributed by atoms with Crippen molar-refractivity contribution >= 4 is 43.7 Å². The molecule has 0 radical (unpaired) electrons. The summed E-state index contributed by atoms with van der Waals surface area (Å²) in [7, 11) is 0. The second-order valence-corrected chi connectivity index (χ2v) is 8.08. The smallest absolute Gasteiger partial charge is 0.136 e. The van der Waals surface area contributed by atoms with Crippen molar-refractivity contribution in [2.45, 2.75) is 0 Å². The Hall–Kier alpha value is -4.37. The van der Waals surface area contributed by atoms with Crippen LogP contribution in [0, 0.1) is 0 Å². The minimum absolute atomic E-state index is 0.920. The summed E-state index contributed by atoms with van der Waals surface area (Å²) in [5, 5.41) is 4.69. The first-order valence-electron chi connectivity index (χ1n) is 10.7. The fourth-order valence-electron chi connectivity index (χ4n) is 4.80. The van der Waals surface area contributed by atoms with Gasteiger partial charge in [0.05, 0.1) is 16.7 Å². The molecule has 0 aliphatic carbocycles. The van der Waals surface area contributed by atoms with Gasteiger partial charge in [0, 0.05) is 39.0 Å². The molecule has 0 amide bonds. The van der Waals surface area contributed by atoms with Crippen LogP contribution in [0.1, 0.15) is 0 Å². The van der Waals surface area contributed by atoms with E-state index in [9.17, 15) is 0 Å². The van der Waals surface area contributed by atoms with E-state index in [-0.39, 0.29) is 0 Å². The number of aromatic nitrogens is 2. The molecule has 0 atom stereocenters. The van der Waals surface area contributed by atoms with E-state index in [1.54, 1.807) is 0 Å². The summed E-state index contributed by atoms with van der Waals surface area (Å²) >= 11 is 0. The lowest BCUT2D eigenvalue weighted by molar-refractivity contribution is 0.669. The molecular weight excluding hydrogens is 392 g/mol. The summed E-state index contributed by atoms with van der Waals surface area (Å²) in [6.45, 7) is 0. The molecule has 3 aromatic heterocycles. The molecule has 3 heterocycles. The van der Waals surface area contributed by atoms with Crippen LogP contribution in [-0.4, -0.2) is 9.55 Å². The molecule has 0 bridgehead atoms. The van der Waals surface area contributed by atoms with Gasteiger partial charge in [-0.15, -0.1) is 0 Å². The molecule has 0 spiro atoms. The van der Waals surface area contributed by atoms with Gasteiger partial charge in [0.2, 0.25) is 0 Å². The molecule has 0 N–H and O–H groups in total. The Balaban J connectivity index is 1.58. The maximum Gasteiger partial charge on any atom is 0.136 e. The van der Waals surface area contributed by atoms with Crippen LogP contribution in [0.4, 0.5) is 0 Å². The first-order valence-corrected chi connectivity index (χ1v) is 10.7. The lowest BCUT2D eigenvalue weighted by Crippen LogP contribution is -1.94. The van der Waals surface area contributed by atoms with Crippen LogP contribution in [-0.2, 0) is 0 Å². The maximum atomic E-state index is 6.18. The first-order chi connectivity index (χ1) is 15.9. The van der Waals surface area contributed by atoms with Crippen molar-refractivity contribution in [2.75, 3.05) is 0 Å². The Morgan fingerprint density at radius 3 is 2.31 bits per heavy atom. The molecule has 0 aliphatic heterocycles. The fourth-order valence-corrected chi connectivity index (χ4v) is 4.80. The lowest BCUT2D eigenvalue weighted by atomic mass is 10.1. The van der Waals surface area contributed by atoms with E-state index < -0.39 is 0 Å². The molecule has 3 nitrogen and oxygen atoms in total. The molecule has 0 unspecified atom stereocenters. The summed E-state index contributed by atoms with van der Waals surface area (Å²) in [5.41, 5.74) is 7.38. The van der Waals surface area contributed by atoms with Gasteiger partial charge in [0.25, 0.3) is 0 Å². The monoisotopic (exact) mass is 410 g/mol. The molecule has 0 saturated carbocycles. The molecule has 150 valence electrons. The largest absolute Gasteiger partial charge is 0.456 e. The van der Waals surface area contributed by atoms with Crippen molar-refractivity contribution in [1.82, 2.24) is 9.55 Å². The standard InChI is InChI=1S/C29H18N2O/c1-3-13-26-21(10-1)23-18-29-24(22-11-2-4-14-28(22)32-29)17-27(23)31(26)20-9-7-8-19(16-20)25-12-5-6-15-30-25/h1-18H. The van der Waals surface area contributed by atoms with Crippen LogP contribution in [0.3, 0.4) is 0 Å². The maximum absolute atomic E-state index is 6.18. The van der Waals surface area contributed by atoms with E-state index in [1.807, 2.05) is 36.5 Å². The highest BCUT2D eigenvalue weighted by Gasteiger charge is 2.16. The van der Waals surface area contributed by atoms with Crippen molar-refractivity contribution in [1.29, 1.82) is 0 Å². The number of hydrogen-bond acceptors (Lipinski definition) is 2. The van der Waals surface area contributed by atoms with Gasteiger partial charge in [-0.2, -0.15) is 0 Å². The zero-order chi connectivity index (χ0) is 21.1. The Morgan fingerprint density at radius 2 is 1.41 bits per heavy atom. The van der Waals surface area contributed by atoms with E-state index in [0.29, 0.717) is 0 Å². The Morgan fingerprint density at radius 1 is 0.562 bits per heavy atom. The third kappa shape index (κ3) is 2.45. The van der Waals surface area contributed by atoms with Crippen molar-refractivity contribution in [3.8, 4) is 16.9 Å². The molecule has 3 heteroatoms. The van der Waals surface area contributed by atoms with Crippen LogP contribution in [0.2, 0.25) is 0 Å². The van der Waals surface area contributed by atoms with Crippen molar-refractivity contribution in [3.05, 3.63) is 109 Å². The zero-order valence-electron chi connectivity index (χ0n) is 17.2. The highest BCUT2D eigenvalue weighted by Crippen LogP contribution is 2.38. The number of rotatable bonds is 2. The first kappa shape index (κ1) is 17.3. The summed E-state index contributed by atoms with van der Waals surface area (Å²) in [5.74, 6) is 0. The quantitative estimate of drug-likeness (QED) is 0.292. The molecule has 7 rings (SSSR count). The summed E-state index contributed by atoms with van der Waals surface area (Å²) in [6.07, 6.45) is 1.84. The normalized spacial score (nSPS) is 11.8. The van der Waals surface area contributed by atoms with Gasteiger partial charge >= 0.3 is 0 Å². The summed E-state index contributed by atoms with van der Waals surface area (Å²) in [6, 6.07) is 35.9. The minimum atomic E-state index is 0.920. The van der Waals surface area contributed by atoms with E-state index in [1.165, 1.54) is 21.8 Å². The highest BCUT2D eigenvalue weighted by atomic mass is 16.3. The average molecular weight is 410 g/mol. The fraction of sp³-hybridized carbons (Fsp3) is 0. The topological polar surface area (TPSA) is 31.0 Å². The van der Waals surface area contributed by atoms with E-state index >= 15 is 0 Å². The van der Waals surface area contributed by atoms with Crippen molar-refractivity contribution < 1.29 is 4.42 Å². The SMILES string of the molecule is c1ccc(-c2cccc(-n3c4ccccc4c4cc5oc6ccccc6c5cc43)c2)nc1. The molecule has 32 heavy (non-hydrogen) atoms. The number of furan rings is 1. The molecule has 0 saturated heterocycles. The number of benzene rings is 4. The second kappa shape index (κ2) is 6.56. The summed E-state index contributed by atoms with van der Waals surface area (Å²) < 4.78 is 8.53. The van der Waals surface area contributed by atoms with Gasteiger partial charge in [-0.1, -0.05) is 54.6 Å². The van der Waals surface area contributed by atoms with E-state index in [0.717, 1.165) is 38.9 Å². The second-order valence-electron chi connectivity index (χ2n) is 8.08. The van der Waals surface area contributed by atoms with Crippen LogP contribution >= 0.6 is 0 Å². The van der Waals surface area contributed by atoms with Gasteiger partial charge in [-0.25, -0.2) is 0 Å². The predicted octanol–water partition coefficient (Wildman–Crippen LogP) is 7.75. The number of nitrogens with zero attached hydrogens (tertiary/aromatic N) is 2. The van der Waals surface area contributed by atoms with Gasteiger partial charge < -0.3 is 8.98 Å². The molecule has 0 aliphatic rings. The molecule has 0 fully saturated rings. The lowest BCUT2D eigenvalue weighted by Gasteiger charge is -2.10. The zero-order valence-corrected chi connectivity index (χ0v) is 17.2. The predicted molar refractivity (Wildman–Crippen MR) is 131 cm³/mol. The number of para-hydroxylation sites is 2. The molecule has 7 aromatic rings. The van der Waals surface area contributed by atoms with E-state index in [4.69, 9.17) is 4.42 Å². The molecule has 4 aromatic carbocycles. The van der Waals surface area contributed by atoms with Crippen molar-refractivity contribution in [2.24, 2.45) is 0 Å². The van der Waals surface area contributed by atoms with Crippen LogP contribution in [0.15, 0.2) is 114 Å². The van der Waals surface area contributed by atoms with Gasteiger partial charge in [0.1, 0.15) is 11.2 Å². The third-order valence-corrected chi connectivity index (χ3v) is 6.24. The van der Waals surface area contributed by atoms with Gasteiger partial charge in [-0.05, 0) is 48.5 Å². The van der Waals surface area contributed by atoms with Crippen LogP contribution in [0.5, 0.6) is 0 Å². The number of fused-ring (bicyclic) bond motifs is 6. The van der Waals surface area contributed by atoms with Crippen molar-refractivity contribution in [3.63, 3.8) is 0 Å². The van der Waals surface area contributed by atoms with Crippen LogP contribution in [0.25, 0.3) is 60.7 Å². The Kier molecular flexibility index (Phi) is 3.55. The highest BCUT2D eigenvalue weighted by molar-refractivity contribution is 6.17. The van der Waals surface area contributed by atoms with E-state index in [2.05, 4.69) is 82.3 Å². The van der Waals surface area contributed by atoms with Crippen LogP contribution < -0.4 is 0 Å². The Bertz CT molecular complexity index is 1770. The van der Waals surface area contributed by atoms with Gasteiger partial charge in [-0.3, -0.25) is 4.98 Å². The van der Waals surface area contributed by atoms with Gasteiger partial charge in [0.15, 0.2) is 0 Å². The molecular formula is C29H18N2O. The number of pyridine rings is 1. The minimum Gasteiger partial charge on any atom is -0.456 e. The third-order valence-electron chi connectivity index (χ3n) is 6.24. The average Bonchev–Trinajstić information content (AvgIpc) is 3.38. The Labute approximate surface area is 184 Å². The summed E-state index contributed by atoms with van der Waals surface area (Å²) in [4.78, 5) is 4.54.